The fourth-order valence-corrected chi connectivity index (χ4v) is 3.94. The van der Waals surface area contributed by atoms with Crippen LogP contribution >= 0.6 is 11.3 Å². The third kappa shape index (κ3) is 3.84. The van der Waals surface area contributed by atoms with Crippen LogP contribution in [-0.4, -0.2) is 22.6 Å². The molecule has 0 unspecified atom stereocenters. The monoisotopic (exact) mass is 404 g/mol. The number of rotatable bonds is 4. The first-order chi connectivity index (χ1) is 13.5. The van der Waals surface area contributed by atoms with E-state index in [0.717, 1.165) is 23.8 Å². The molecule has 0 fully saturated rings. The van der Waals surface area contributed by atoms with Gasteiger partial charge in [-0.05, 0) is 48.7 Å². The van der Waals surface area contributed by atoms with E-state index in [4.69, 9.17) is 0 Å². The van der Waals surface area contributed by atoms with E-state index in [1.165, 1.54) is 30.3 Å². The first-order valence-electron chi connectivity index (χ1n) is 8.62. The highest BCUT2D eigenvalue weighted by Gasteiger charge is 2.24. The number of hydrogen-bond donors (Lipinski definition) is 1. The van der Waals surface area contributed by atoms with Gasteiger partial charge in [0, 0.05) is 18.3 Å². The molecule has 3 aromatic rings. The molecule has 1 aliphatic rings. The van der Waals surface area contributed by atoms with Gasteiger partial charge in [0.05, 0.1) is 12.2 Å². The van der Waals surface area contributed by atoms with Gasteiger partial charge in [-0.2, -0.15) is 0 Å². The number of nitrogens with zero attached hydrogens (tertiary/aromatic N) is 3. The van der Waals surface area contributed by atoms with Crippen LogP contribution < -0.4 is 10.2 Å². The number of amides is 1. The largest absolute Gasteiger partial charge is 0.362 e. The molecule has 0 bridgehead atoms. The van der Waals surface area contributed by atoms with Crippen molar-refractivity contribution in [1.29, 1.82) is 0 Å². The maximum absolute atomic E-state index is 14.3. The van der Waals surface area contributed by atoms with Crippen molar-refractivity contribution in [2.45, 2.75) is 19.4 Å². The van der Waals surface area contributed by atoms with Gasteiger partial charge in [0.2, 0.25) is 5.01 Å². The van der Waals surface area contributed by atoms with Crippen LogP contribution in [0.3, 0.4) is 0 Å². The van der Waals surface area contributed by atoms with Gasteiger partial charge < -0.3 is 10.2 Å². The molecule has 0 saturated heterocycles. The second-order valence-corrected chi connectivity index (χ2v) is 7.44. The number of nitrogens with one attached hydrogen (secondary N) is 1. The Labute approximate surface area is 162 Å². The van der Waals surface area contributed by atoms with E-state index in [9.17, 15) is 18.0 Å². The molecule has 0 atom stereocenters. The van der Waals surface area contributed by atoms with Crippen molar-refractivity contribution in [3.63, 3.8) is 0 Å². The number of aryl methyl sites for hydroxylation is 1. The summed E-state index contributed by atoms with van der Waals surface area (Å²) in [6.07, 6.45) is 1.38. The zero-order valence-corrected chi connectivity index (χ0v) is 15.4. The van der Waals surface area contributed by atoms with Crippen LogP contribution in [0.5, 0.6) is 0 Å². The predicted octanol–water partition coefficient (Wildman–Crippen LogP) is 4.16. The molecule has 5 nitrogen and oxygen atoms in total. The van der Waals surface area contributed by atoms with Crippen LogP contribution in [0.15, 0.2) is 36.4 Å². The number of benzene rings is 2. The summed E-state index contributed by atoms with van der Waals surface area (Å²) in [4.78, 5) is 14.1. The lowest BCUT2D eigenvalue weighted by molar-refractivity contribution is 0.102. The van der Waals surface area contributed by atoms with Crippen molar-refractivity contribution >= 4 is 28.6 Å². The van der Waals surface area contributed by atoms with Gasteiger partial charge in [0.1, 0.15) is 22.5 Å². The Morgan fingerprint density at radius 3 is 2.68 bits per heavy atom. The second kappa shape index (κ2) is 7.59. The number of carbonyl (C=O) groups is 1. The number of halogens is 3. The predicted molar refractivity (Wildman–Crippen MR) is 100.0 cm³/mol. The van der Waals surface area contributed by atoms with Crippen LogP contribution in [-0.2, 0) is 13.0 Å². The topological polar surface area (TPSA) is 58.1 Å². The average Bonchev–Trinajstić information content (AvgIpc) is 3.12. The summed E-state index contributed by atoms with van der Waals surface area (Å²) in [5.74, 6) is -2.05. The van der Waals surface area contributed by atoms with Crippen LogP contribution in [0.1, 0.15) is 26.8 Å². The molecule has 1 aromatic heterocycles. The molecule has 0 saturated carbocycles. The van der Waals surface area contributed by atoms with E-state index < -0.39 is 23.4 Å². The number of hydrogen-bond acceptors (Lipinski definition) is 5. The van der Waals surface area contributed by atoms with E-state index in [2.05, 4.69) is 15.5 Å². The SMILES string of the molecule is O=C(Nc1ccc(F)cc1)c1nnc(CN2CCCc3cc(F)cc(F)c32)s1. The lowest BCUT2D eigenvalue weighted by atomic mass is 10.0. The summed E-state index contributed by atoms with van der Waals surface area (Å²) in [5.41, 5.74) is 1.44. The molecule has 144 valence electrons. The van der Waals surface area contributed by atoms with Crippen LogP contribution in [0.25, 0.3) is 0 Å². The Morgan fingerprint density at radius 2 is 1.89 bits per heavy atom. The Kier molecular flexibility index (Phi) is 4.99. The summed E-state index contributed by atoms with van der Waals surface area (Å²) in [7, 11) is 0. The van der Waals surface area contributed by atoms with Crippen molar-refractivity contribution < 1.29 is 18.0 Å². The van der Waals surface area contributed by atoms with Gasteiger partial charge in [-0.25, -0.2) is 13.2 Å². The van der Waals surface area contributed by atoms with Crippen molar-refractivity contribution in [3.8, 4) is 0 Å². The van der Waals surface area contributed by atoms with Crippen LogP contribution in [0.4, 0.5) is 24.5 Å². The zero-order chi connectivity index (χ0) is 19.7. The quantitative estimate of drug-likeness (QED) is 0.710. The molecule has 0 aliphatic carbocycles. The summed E-state index contributed by atoms with van der Waals surface area (Å²) < 4.78 is 40.7. The lowest BCUT2D eigenvalue weighted by Crippen LogP contribution is -2.30. The van der Waals surface area contributed by atoms with E-state index in [0.29, 0.717) is 34.9 Å². The van der Waals surface area contributed by atoms with Crippen molar-refractivity contribution in [2.24, 2.45) is 0 Å². The number of carbonyl (C=O) groups excluding carboxylic acids is 1. The van der Waals surface area contributed by atoms with E-state index in [1.54, 1.807) is 4.90 Å². The molecule has 1 aliphatic heterocycles. The molecule has 0 spiro atoms. The smallest absolute Gasteiger partial charge is 0.286 e. The fourth-order valence-electron chi connectivity index (χ4n) is 3.18. The Hall–Kier alpha value is -2.94. The maximum Gasteiger partial charge on any atom is 0.286 e. The zero-order valence-electron chi connectivity index (χ0n) is 14.6. The molecule has 2 heterocycles. The number of aromatic nitrogens is 2. The lowest BCUT2D eigenvalue weighted by Gasteiger charge is -2.30. The molecule has 9 heteroatoms. The number of fused-ring (bicyclic) bond motifs is 1. The van der Waals surface area contributed by atoms with Crippen molar-refractivity contribution in [3.05, 3.63) is 69.4 Å². The molecule has 1 N–H and O–H groups in total. The minimum Gasteiger partial charge on any atom is -0.362 e. The molecular weight excluding hydrogens is 389 g/mol. The highest BCUT2D eigenvalue weighted by molar-refractivity contribution is 7.13. The van der Waals surface area contributed by atoms with Gasteiger partial charge in [-0.3, -0.25) is 4.79 Å². The Morgan fingerprint density at radius 1 is 1.11 bits per heavy atom. The molecule has 0 radical (unpaired) electrons. The molecular formula is C19H15F3N4OS. The molecule has 2 aromatic carbocycles. The minimum absolute atomic E-state index is 0.149. The molecule has 4 rings (SSSR count). The average molecular weight is 404 g/mol. The first-order valence-corrected chi connectivity index (χ1v) is 9.43. The van der Waals surface area contributed by atoms with Crippen LogP contribution in [0, 0.1) is 17.5 Å². The van der Waals surface area contributed by atoms with Crippen LogP contribution in [0.2, 0.25) is 0 Å². The Balaban J connectivity index is 1.49. The van der Waals surface area contributed by atoms with E-state index >= 15 is 0 Å². The minimum atomic E-state index is -0.603. The summed E-state index contributed by atoms with van der Waals surface area (Å²) in [6, 6.07) is 7.60. The summed E-state index contributed by atoms with van der Waals surface area (Å²) >= 11 is 1.09. The normalized spacial score (nSPS) is 13.3. The first kappa shape index (κ1) is 18.4. The van der Waals surface area contributed by atoms with Gasteiger partial charge in [0.15, 0.2) is 0 Å². The third-order valence-electron chi connectivity index (χ3n) is 4.39. The van der Waals surface area contributed by atoms with Crippen molar-refractivity contribution in [2.75, 3.05) is 16.8 Å². The molecule has 28 heavy (non-hydrogen) atoms. The summed E-state index contributed by atoms with van der Waals surface area (Å²) in [6.45, 7) is 0.878. The van der Waals surface area contributed by atoms with Gasteiger partial charge in [0.25, 0.3) is 5.91 Å². The second-order valence-electron chi connectivity index (χ2n) is 6.38. The van der Waals surface area contributed by atoms with E-state index in [-0.39, 0.29) is 11.6 Å². The van der Waals surface area contributed by atoms with Gasteiger partial charge in [-0.1, -0.05) is 11.3 Å². The highest BCUT2D eigenvalue weighted by Crippen LogP contribution is 2.32. The number of anilines is 2. The molecule has 1 amide bonds. The fraction of sp³-hybridized carbons (Fsp3) is 0.211. The highest BCUT2D eigenvalue weighted by atomic mass is 32.1. The van der Waals surface area contributed by atoms with Crippen molar-refractivity contribution in [1.82, 2.24) is 10.2 Å². The third-order valence-corrected chi connectivity index (χ3v) is 5.29. The maximum atomic E-state index is 14.3. The van der Waals surface area contributed by atoms with Gasteiger partial charge in [-0.15, -0.1) is 10.2 Å². The standard InChI is InChI=1S/C19H15F3N4OS/c20-12-3-5-14(6-4-12)23-18(27)19-25-24-16(28-19)10-26-7-1-2-11-8-13(21)9-15(22)17(11)26/h3-6,8-9H,1-2,7,10H2,(H,23,27). The Bertz CT molecular complexity index is 1020. The van der Waals surface area contributed by atoms with Gasteiger partial charge >= 0.3 is 0 Å². The van der Waals surface area contributed by atoms with E-state index in [1.807, 2.05) is 0 Å². The summed E-state index contributed by atoms with van der Waals surface area (Å²) in [5, 5.41) is 11.2.